The normalized spacial score (nSPS) is 48.4. The van der Waals surface area contributed by atoms with E-state index in [2.05, 4.69) is 68.0 Å². The molecule has 0 aromatic carbocycles. The molecule has 3 saturated carbocycles. The van der Waals surface area contributed by atoms with E-state index in [0.717, 1.165) is 12.3 Å². The SMILES string of the molecule is C=C1CC[C@@H](C)[C@@H](C2=CC[C@@H]3[C@@]4(C)CC[C@H](OC(C)=O)C(C)(C)[C@@H]4CC[C@@]3(C)[C@]2(C)CC)[C@H]1C. The second-order valence-electron chi connectivity index (χ2n) is 14.1. The van der Waals surface area contributed by atoms with Crippen LogP contribution in [0.4, 0.5) is 0 Å². The zero-order chi connectivity index (χ0) is 25.3. The first-order valence-corrected chi connectivity index (χ1v) is 14.3. The summed E-state index contributed by atoms with van der Waals surface area (Å²) >= 11 is 0. The molecule has 3 fully saturated rings. The number of hydrogen-bond acceptors (Lipinski definition) is 2. The first-order valence-electron chi connectivity index (χ1n) is 14.3. The molecular formula is C32H52O2. The maximum Gasteiger partial charge on any atom is 0.302 e. The van der Waals surface area contributed by atoms with Gasteiger partial charge in [0, 0.05) is 12.3 Å². The fourth-order valence-electron chi connectivity index (χ4n) is 10.2. The molecule has 2 nitrogen and oxygen atoms in total. The molecule has 34 heavy (non-hydrogen) atoms. The van der Waals surface area contributed by atoms with Gasteiger partial charge in [-0.3, -0.25) is 4.79 Å². The van der Waals surface area contributed by atoms with Crippen molar-refractivity contribution in [1.29, 1.82) is 0 Å². The van der Waals surface area contributed by atoms with Gasteiger partial charge in [0.25, 0.3) is 0 Å². The Hall–Kier alpha value is -1.05. The van der Waals surface area contributed by atoms with Crippen molar-refractivity contribution < 1.29 is 9.53 Å². The molecule has 0 N–H and O–H groups in total. The molecule has 0 bridgehead atoms. The van der Waals surface area contributed by atoms with E-state index in [4.69, 9.17) is 4.74 Å². The molecule has 0 saturated heterocycles. The minimum absolute atomic E-state index is 0.0246. The summed E-state index contributed by atoms with van der Waals surface area (Å²) in [6.07, 6.45) is 12.4. The summed E-state index contributed by atoms with van der Waals surface area (Å²) in [5.41, 5.74) is 4.08. The van der Waals surface area contributed by atoms with Crippen LogP contribution in [0.5, 0.6) is 0 Å². The molecule has 4 aliphatic carbocycles. The summed E-state index contributed by atoms with van der Waals surface area (Å²) in [4.78, 5) is 11.9. The molecule has 192 valence electrons. The van der Waals surface area contributed by atoms with Crippen molar-refractivity contribution in [2.75, 3.05) is 0 Å². The summed E-state index contributed by atoms with van der Waals surface area (Å²) in [7, 11) is 0. The quantitative estimate of drug-likeness (QED) is 0.305. The van der Waals surface area contributed by atoms with Gasteiger partial charge in [0.1, 0.15) is 6.10 Å². The average molecular weight is 469 g/mol. The van der Waals surface area contributed by atoms with Gasteiger partial charge in [-0.05, 0) is 97.2 Å². The number of hydrogen-bond donors (Lipinski definition) is 0. The number of carbonyl (C=O) groups is 1. The highest BCUT2D eigenvalue weighted by atomic mass is 16.5. The van der Waals surface area contributed by atoms with Gasteiger partial charge in [-0.25, -0.2) is 0 Å². The minimum Gasteiger partial charge on any atom is -0.462 e. The third kappa shape index (κ3) is 3.51. The van der Waals surface area contributed by atoms with E-state index < -0.39 is 0 Å². The third-order valence-corrected chi connectivity index (χ3v) is 12.5. The van der Waals surface area contributed by atoms with Crippen LogP contribution in [0.2, 0.25) is 0 Å². The zero-order valence-electron chi connectivity index (χ0n) is 23.7. The molecule has 9 atom stereocenters. The van der Waals surface area contributed by atoms with Gasteiger partial charge in [-0.2, -0.15) is 0 Å². The van der Waals surface area contributed by atoms with E-state index in [1.54, 1.807) is 12.5 Å². The van der Waals surface area contributed by atoms with Gasteiger partial charge < -0.3 is 4.74 Å². The third-order valence-electron chi connectivity index (χ3n) is 12.5. The molecule has 4 rings (SSSR count). The molecule has 2 heteroatoms. The Balaban J connectivity index is 1.75. The molecule has 0 spiro atoms. The monoisotopic (exact) mass is 468 g/mol. The van der Waals surface area contributed by atoms with E-state index >= 15 is 0 Å². The lowest BCUT2D eigenvalue weighted by Crippen LogP contribution is -2.63. The minimum atomic E-state index is -0.122. The number of fused-ring (bicyclic) bond motifs is 3. The first-order chi connectivity index (χ1) is 15.7. The Morgan fingerprint density at radius 3 is 2.35 bits per heavy atom. The summed E-state index contributed by atoms with van der Waals surface area (Å²) in [5, 5.41) is 0. The standard InChI is InChI=1S/C32H52O2/c1-11-31(9)24(28-21(3)13-12-20(2)22(28)4)14-15-26-30(8)18-17-27(34-23(5)33)29(6,7)25(30)16-19-32(26,31)10/h14,21-22,25-28H,2,11-13,15-19H2,1,3-10H3/t21-,22+,25+,26-,27+,28-,30+,31-,32-/m1/s1. The molecule has 0 amide bonds. The maximum atomic E-state index is 11.9. The van der Waals surface area contributed by atoms with Crippen molar-refractivity contribution in [1.82, 2.24) is 0 Å². The van der Waals surface area contributed by atoms with Crippen molar-refractivity contribution >= 4 is 5.97 Å². The molecule has 0 aromatic heterocycles. The highest BCUT2D eigenvalue weighted by Gasteiger charge is 2.66. The van der Waals surface area contributed by atoms with Crippen molar-refractivity contribution in [2.24, 2.45) is 51.2 Å². The Kier molecular flexibility index (Phi) is 6.52. The summed E-state index contributed by atoms with van der Waals surface area (Å²) < 4.78 is 5.89. The Morgan fingerprint density at radius 1 is 1.06 bits per heavy atom. The molecule has 4 aliphatic rings. The van der Waals surface area contributed by atoms with Crippen LogP contribution in [0.15, 0.2) is 23.8 Å². The Labute approximate surface area is 210 Å². The number of allylic oxidation sites excluding steroid dienone is 3. The van der Waals surface area contributed by atoms with Crippen molar-refractivity contribution in [3.63, 3.8) is 0 Å². The maximum absolute atomic E-state index is 11.9. The average Bonchev–Trinajstić information content (AvgIpc) is 2.75. The number of ether oxygens (including phenoxy) is 1. The van der Waals surface area contributed by atoms with E-state index in [0.29, 0.717) is 34.5 Å². The van der Waals surface area contributed by atoms with E-state index in [-0.39, 0.29) is 22.9 Å². The van der Waals surface area contributed by atoms with E-state index in [9.17, 15) is 4.79 Å². The van der Waals surface area contributed by atoms with Gasteiger partial charge in [0.15, 0.2) is 0 Å². The summed E-state index contributed by atoms with van der Waals surface area (Å²) in [6, 6.07) is 0. The first kappa shape index (κ1) is 26.0. The van der Waals surface area contributed by atoms with Crippen LogP contribution in [0, 0.1) is 51.2 Å². The zero-order valence-corrected chi connectivity index (χ0v) is 23.7. The smallest absolute Gasteiger partial charge is 0.302 e. The lowest BCUT2D eigenvalue weighted by Gasteiger charge is -2.69. The molecule has 0 unspecified atom stereocenters. The molecule has 0 radical (unpaired) electrons. The lowest BCUT2D eigenvalue weighted by molar-refractivity contribution is -0.207. The summed E-state index contributed by atoms with van der Waals surface area (Å²) in [6.45, 7) is 26.1. The fourth-order valence-corrected chi connectivity index (χ4v) is 10.2. The molecular weight excluding hydrogens is 416 g/mol. The summed E-state index contributed by atoms with van der Waals surface area (Å²) in [5.74, 6) is 3.13. The Bertz CT molecular complexity index is 866. The van der Waals surface area contributed by atoms with Crippen molar-refractivity contribution in [3.8, 4) is 0 Å². The van der Waals surface area contributed by atoms with Gasteiger partial charge in [-0.1, -0.05) is 79.2 Å². The predicted molar refractivity (Wildman–Crippen MR) is 142 cm³/mol. The number of esters is 1. The second-order valence-corrected chi connectivity index (χ2v) is 14.1. The van der Waals surface area contributed by atoms with Crippen LogP contribution in [0.1, 0.15) is 114 Å². The Morgan fingerprint density at radius 2 is 1.74 bits per heavy atom. The van der Waals surface area contributed by atoms with Gasteiger partial charge in [0.05, 0.1) is 0 Å². The van der Waals surface area contributed by atoms with Gasteiger partial charge >= 0.3 is 5.97 Å². The largest absolute Gasteiger partial charge is 0.462 e. The van der Waals surface area contributed by atoms with Crippen molar-refractivity contribution in [3.05, 3.63) is 23.8 Å². The fraction of sp³-hybridized carbons (Fsp3) is 0.844. The lowest BCUT2D eigenvalue weighted by atomic mass is 9.35. The predicted octanol–water partition coefficient (Wildman–Crippen LogP) is 8.76. The van der Waals surface area contributed by atoms with Crippen LogP contribution >= 0.6 is 0 Å². The topological polar surface area (TPSA) is 26.3 Å². The highest BCUT2D eigenvalue weighted by Crippen LogP contribution is 2.73. The molecule has 0 aliphatic heterocycles. The van der Waals surface area contributed by atoms with Crippen LogP contribution < -0.4 is 0 Å². The van der Waals surface area contributed by atoms with Gasteiger partial charge in [-0.15, -0.1) is 0 Å². The second kappa shape index (κ2) is 8.52. The van der Waals surface area contributed by atoms with Crippen LogP contribution in [-0.2, 0) is 9.53 Å². The van der Waals surface area contributed by atoms with E-state index in [1.165, 1.54) is 50.5 Å². The number of rotatable bonds is 3. The van der Waals surface area contributed by atoms with Crippen molar-refractivity contribution in [2.45, 2.75) is 120 Å². The van der Waals surface area contributed by atoms with E-state index in [1.807, 2.05) is 0 Å². The molecule has 0 aromatic rings. The van der Waals surface area contributed by atoms with Gasteiger partial charge in [0.2, 0.25) is 0 Å². The van der Waals surface area contributed by atoms with Crippen LogP contribution in [0.3, 0.4) is 0 Å². The molecule has 0 heterocycles. The van der Waals surface area contributed by atoms with Crippen LogP contribution in [-0.4, -0.2) is 12.1 Å². The highest BCUT2D eigenvalue weighted by molar-refractivity contribution is 5.66. The van der Waals surface area contributed by atoms with Crippen LogP contribution in [0.25, 0.3) is 0 Å². The number of carbonyl (C=O) groups excluding carboxylic acids is 1.